The molecular formula is C19H16F2N4O4. The molecule has 2 amide bonds. The van der Waals surface area contributed by atoms with Crippen LogP contribution in [0.5, 0.6) is 5.75 Å². The van der Waals surface area contributed by atoms with E-state index in [1.54, 1.807) is 24.3 Å². The van der Waals surface area contributed by atoms with Gasteiger partial charge in [0, 0.05) is 18.1 Å². The maximum absolute atomic E-state index is 12.6. The average molecular weight is 402 g/mol. The Morgan fingerprint density at radius 1 is 1.10 bits per heavy atom. The van der Waals surface area contributed by atoms with Gasteiger partial charge in [-0.25, -0.2) is 4.68 Å². The van der Waals surface area contributed by atoms with Crippen LogP contribution in [0.4, 0.5) is 14.5 Å². The molecule has 0 bridgehead atoms. The lowest BCUT2D eigenvalue weighted by Crippen LogP contribution is -2.33. The first kappa shape index (κ1) is 19.9. The molecule has 2 N–H and O–H groups in total. The highest BCUT2D eigenvalue weighted by molar-refractivity contribution is 6.04. The molecule has 0 fully saturated rings. The van der Waals surface area contributed by atoms with Crippen LogP contribution in [0.15, 0.2) is 53.3 Å². The molecule has 8 nitrogen and oxygen atoms in total. The molecule has 0 spiro atoms. The van der Waals surface area contributed by atoms with E-state index >= 15 is 0 Å². The normalized spacial score (nSPS) is 10.8. The van der Waals surface area contributed by atoms with Gasteiger partial charge in [-0.05, 0) is 30.3 Å². The standard InChI is InChI=1S/C19H16F2N4O4/c1-22-17(27)16-13-4-2-3-5-14(13)18(28)25(24-16)10-15(26)23-11-6-8-12(9-7-11)29-19(20)21/h2-9,19H,10H2,1H3,(H,22,27)(H,23,26). The summed E-state index contributed by atoms with van der Waals surface area (Å²) in [6.45, 7) is -3.39. The zero-order chi connectivity index (χ0) is 21.0. The molecular weight excluding hydrogens is 386 g/mol. The van der Waals surface area contributed by atoms with Crippen molar-refractivity contribution in [2.24, 2.45) is 0 Å². The van der Waals surface area contributed by atoms with Gasteiger partial charge in [-0.15, -0.1) is 0 Å². The second-order valence-corrected chi connectivity index (χ2v) is 5.89. The van der Waals surface area contributed by atoms with Crippen molar-refractivity contribution in [3.8, 4) is 5.75 Å². The van der Waals surface area contributed by atoms with Crippen molar-refractivity contribution in [3.63, 3.8) is 0 Å². The Labute approximate surface area is 163 Å². The van der Waals surface area contributed by atoms with Crippen LogP contribution in [0.2, 0.25) is 0 Å². The number of anilines is 1. The van der Waals surface area contributed by atoms with Crippen LogP contribution in [0.3, 0.4) is 0 Å². The Hall–Kier alpha value is -3.82. The number of ether oxygens (including phenoxy) is 1. The first-order chi connectivity index (χ1) is 13.9. The molecule has 0 atom stereocenters. The predicted molar refractivity (Wildman–Crippen MR) is 101 cm³/mol. The summed E-state index contributed by atoms with van der Waals surface area (Å²) < 4.78 is 29.5. The molecule has 0 saturated heterocycles. The molecule has 0 unspecified atom stereocenters. The van der Waals surface area contributed by atoms with Gasteiger partial charge < -0.3 is 15.4 Å². The highest BCUT2D eigenvalue weighted by atomic mass is 19.3. The van der Waals surface area contributed by atoms with E-state index in [0.29, 0.717) is 11.1 Å². The second kappa shape index (κ2) is 8.46. The fourth-order valence-corrected chi connectivity index (χ4v) is 2.68. The van der Waals surface area contributed by atoms with Crippen LogP contribution in [-0.4, -0.2) is 35.3 Å². The van der Waals surface area contributed by atoms with Crippen molar-refractivity contribution in [3.05, 3.63) is 64.6 Å². The summed E-state index contributed by atoms with van der Waals surface area (Å²) in [4.78, 5) is 37.1. The number of fused-ring (bicyclic) bond motifs is 1. The molecule has 0 aliphatic carbocycles. The number of halogens is 2. The minimum atomic E-state index is -2.95. The SMILES string of the molecule is CNC(=O)c1nn(CC(=O)Nc2ccc(OC(F)F)cc2)c(=O)c2ccccc12. The van der Waals surface area contributed by atoms with E-state index in [1.165, 1.54) is 31.3 Å². The van der Waals surface area contributed by atoms with E-state index in [9.17, 15) is 23.2 Å². The van der Waals surface area contributed by atoms with Gasteiger partial charge in [-0.1, -0.05) is 18.2 Å². The van der Waals surface area contributed by atoms with Crippen molar-refractivity contribution < 1.29 is 23.1 Å². The molecule has 150 valence electrons. The Kier molecular flexibility index (Phi) is 5.82. The summed E-state index contributed by atoms with van der Waals surface area (Å²) >= 11 is 0. The van der Waals surface area contributed by atoms with Crippen molar-refractivity contribution in [1.82, 2.24) is 15.1 Å². The lowest BCUT2D eigenvalue weighted by Gasteiger charge is -2.11. The third-order valence-corrected chi connectivity index (χ3v) is 3.97. The molecule has 3 rings (SSSR count). The smallest absolute Gasteiger partial charge is 0.387 e. The maximum Gasteiger partial charge on any atom is 0.387 e. The van der Waals surface area contributed by atoms with Crippen LogP contribution >= 0.6 is 0 Å². The Morgan fingerprint density at radius 2 is 1.76 bits per heavy atom. The lowest BCUT2D eigenvalue weighted by atomic mass is 10.1. The number of benzene rings is 2. The molecule has 1 heterocycles. The van der Waals surface area contributed by atoms with E-state index in [0.717, 1.165) is 4.68 Å². The summed E-state index contributed by atoms with van der Waals surface area (Å²) in [6, 6.07) is 11.8. The number of amides is 2. The first-order valence-corrected chi connectivity index (χ1v) is 8.45. The average Bonchev–Trinajstić information content (AvgIpc) is 2.70. The molecule has 3 aromatic rings. The minimum Gasteiger partial charge on any atom is -0.435 e. The van der Waals surface area contributed by atoms with Crippen molar-refractivity contribution >= 4 is 28.3 Å². The van der Waals surface area contributed by atoms with E-state index in [1.807, 2.05) is 0 Å². The number of aromatic nitrogens is 2. The Bertz CT molecular complexity index is 1110. The van der Waals surface area contributed by atoms with Gasteiger partial charge in [0.05, 0.1) is 5.39 Å². The molecule has 10 heteroatoms. The zero-order valence-electron chi connectivity index (χ0n) is 15.2. The van der Waals surface area contributed by atoms with Crippen LogP contribution in [0.25, 0.3) is 10.8 Å². The summed E-state index contributed by atoms with van der Waals surface area (Å²) in [7, 11) is 1.43. The maximum atomic E-state index is 12.6. The number of carbonyl (C=O) groups excluding carboxylic acids is 2. The molecule has 2 aromatic carbocycles. The molecule has 1 aromatic heterocycles. The predicted octanol–water partition coefficient (Wildman–Crippen LogP) is 2.00. The topological polar surface area (TPSA) is 102 Å². The minimum absolute atomic E-state index is 0.0176. The zero-order valence-corrected chi connectivity index (χ0v) is 15.2. The number of alkyl halides is 2. The van der Waals surface area contributed by atoms with Gasteiger partial charge in [-0.3, -0.25) is 14.4 Å². The highest BCUT2D eigenvalue weighted by Gasteiger charge is 2.17. The van der Waals surface area contributed by atoms with Gasteiger partial charge in [0.2, 0.25) is 5.91 Å². The van der Waals surface area contributed by atoms with Crippen LogP contribution in [-0.2, 0) is 11.3 Å². The fourth-order valence-electron chi connectivity index (χ4n) is 2.68. The lowest BCUT2D eigenvalue weighted by molar-refractivity contribution is -0.117. The summed E-state index contributed by atoms with van der Waals surface area (Å²) in [5.41, 5.74) is -0.190. The van der Waals surface area contributed by atoms with Crippen molar-refractivity contribution in [1.29, 1.82) is 0 Å². The molecule has 0 radical (unpaired) electrons. The summed E-state index contributed by atoms with van der Waals surface area (Å²) in [6.07, 6.45) is 0. The summed E-state index contributed by atoms with van der Waals surface area (Å²) in [5.74, 6) is -1.13. The van der Waals surface area contributed by atoms with Crippen LogP contribution in [0, 0.1) is 0 Å². The van der Waals surface area contributed by atoms with Gasteiger partial charge in [0.1, 0.15) is 12.3 Å². The van der Waals surface area contributed by atoms with Crippen LogP contribution in [0.1, 0.15) is 10.5 Å². The van der Waals surface area contributed by atoms with Gasteiger partial charge in [-0.2, -0.15) is 13.9 Å². The number of nitrogens with zero attached hydrogens (tertiary/aromatic N) is 2. The largest absolute Gasteiger partial charge is 0.435 e. The van der Waals surface area contributed by atoms with Crippen molar-refractivity contribution in [2.45, 2.75) is 13.2 Å². The van der Waals surface area contributed by atoms with Gasteiger partial charge in [0.15, 0.2) is 5.69 Å². The van der Waals surface area contributed by atoms with Crippen molar-refractivity contribution in [2.75, 3.05) is 12.4 Å². The molecule has 0 aliphatic rings. The monoisotopic (exact) mass is 402 g/mol. The highest BCUT2D eigenvalue weighted by Crippen LogP contribution is 2.18. The fraction of sp³-hybridized carbons (Fsp3) is 0.158. The number of nitrogens with one attached hydrogen (secondary N) is 2. The van der Waals surface area contributed by atoms with E-state index in [-0.39, 0.29) is 16.8 Å². The number of hydrogen-bond acceptors (Lipinski definition) is 5. The van der Waals surface area contributed by atoms with Gasteiger partial charge in [0.25, 0.3) is 11.5 Å². The first-order valence-electron chi connectivity index (χ1n) is 8.45. The number of hydrogen-bond donors (Lipinski definition) is 2. The second-order valence-electron chi connectivity index (χ2n) is 5.89. The molecule has 29 heavy (non-hydrogen) atoms. The van der Waals surface area contributed by atoms with E-state index in [4.69, 9.17) is 0 Å². The molecule has 0 aliphatic heterocycles. The van der Waals surface area contributed by atoms with E-state index < -0.39 is 30.5 Å². The Balaban J connectivity index is 1.84. The third kappa shape index (κ3) is 4.54. The number of rotatable bonds is 6. The quantitative estimate of drug-likeness (QED) is 0.657. The molecule has 0 saturated carbocycles. The third-order valence-electron chi connectivity index (χ3n) is 3.97. The van der Waals surface area contributed by atoms with E-state index in [2.05, 4.69) is 20.5 Å². The van der Waals surface area contributed by atoms with Crippen LogP contribution < -0.4 is 20.9 Å². The summed E-state index contributed by atoms with van der Waals surface area (Å²) in [5, 5.41) is 9.63. The number of carbonyl (C=O) groups is 2. The Morgan fingerprint density at radius 3 is 2.38 bits per heavy atom. The van der Waals surface area contributed by atoms with Gasteiger partial charge >= 0.3 is 6.61 Å².